The topological polar surface area (TPSA) is 66.4 Å². The molecule has 28 heavy (non-hydrogen) atoms. The molecule has 2 saturated carbocycles. The van der Waals surface area contributed by atoms with E-state index in [1.165, 1.54) is 25.7 Å². The van der Waals surface area contributed by atoms with Gasteiger partial charge in [0.15, 0.2) is 5.82 Å². The molecule has 1 unspecified atom stereocenters. The molecule has 1 aromatic rings. The average molecular weight is 383 g/mol. The Hall–Kier alpha value is -1.98. The van der Waals surface area contributed by atoms with Gasteiger partial charge in [-0.1, -0.05) is 12.8 Å². The number of likely N-dealkylation sites (tertiary alicyclic amines) is 1. The molecule has 6 nitrogen and oxygen atoms in total. The number of fused-ring (bicyclic) bond motifs is 2. The van der Waals surface area contributed by atoms with Crippen molar-refractivity contribution in [1.82, 2.24) is 19.8 Å². The fourth-order valence-corrected chi connectivity index (χ4v) is 5.83. The van der Waals surface area contributed by atoms with Gasteiger partial charge >= 0.3 is 0 Å². The summed E-state index contributed by atoms with van der Waals surface area (Å²) in [5.74, 6) is 2.85. The van der Waals surface area contributed by atoms with Gasteiger partial charge in [0.05, 0.1) is 11.7 Å². The van der Waals surface area contributed by atoms with E-state index in [9.17, 15) is 9.59 Å². The maximum absolute atomic E-state index is 13.0. The Bertz CT molecular complexity index is 783. The van der Waals surface area contributed by atoms with E-state index < -0.39 is 0 Å². The molecule has 0 aromatic carbocycles. The minimum absolute atomic E-state index is 0.00537. The zero-order chi connectivity index (χ0) is 19.3. The Balaban J connectivity index is 1.30. The predicted octanol–water partition coefficient (Wildman–Crippen LogP) is 2.87. The predicted molar refractivity (Wildman–Crippen MR) is 104 cm³/mol. The summed E-state index contributed by atoms with van der Waals surface area (Å²) in [5, 5.41) is 0. The maximum Gasteiger partial charge on any atom is 0.226 e. The van der Waals surface area contributed by atoms with Gasteiger partial charge in [0.25, 0.3) is 0 Å². The molecule has 0 N–H and O–H groups in total. The van der Waals surface area contributed by atoms with Crippen molar-refractivity contribution in [3.05, 3.63) is 23.3 Å². The first kappa shape index (κ1) is 18.1. The summed E-state index contributed by atoms with van der Waals surface area (Å²) in [6.07, 6.45) is 10.9. The number of aromatic nitrogens is 2. The zero-order valence-electron chi connectivity index (χ0n) is 16.8. The van der Waals surface area contributed by atoms with Gasteiger partial charge in [0.1, 0.15) is 0 Å². The zero-order valence-corrected chi connectivity index (χ0v) is 16.8. The van der Waals surface area contributed by atoms with Crippen molar-refractivity contribution >= 4 is 11.8 Å². The summed E-state index contributed by atoms with van der Waals surface area (Å²) >= 11 is 0. The van der Waals surface area contributed by atoms with Crippen LogP contribution in [0.15, 0.2) is 6.20 Å². The van der Waals surface area contributed by atoms with Gasteiger partial charge in [-0.3, -0.25) is 9.59 Å². The van der Waals surface area contributed by atoms with Crippen molar-refractivity contribution in [1.29, 1.82) is 0 Å². The van der Waals surface area contributed by atoms with Gasteiger partial charge in [0, 0.05) is 50.7 Å². The van der Waals surface area contributed by atoms with E-state index in [0.717, 1.165) is 55.9 Å². The van der Waals surface area contributed by atoms with Crippen molar-refractivity contribution in [3.63, 3.8) is 0 Å². The second-order valence-corrected chi connectivity index (χ2v) is 9.07. The van der Waals surface area contributed by atoms with Crippen LogP contribution in [0.25, 0.3) is 0 Å². The first-order chi connectivity index (χ1) is 13.6. The lowest BCUT2D eigenvalue weighted by Crippen LogP contribution is -2.40. The van der Waals surface area contributed by atoms with Crippen molar-refractivity contribution in [2.45, 2.75) is 70.9 Å². The molecule has 1 saturated heterocycles. The van der Waals surface area contributed by atoms with Crippen LogP contribution < -0.4 is 0 Å². The minimum atomic E-state index is 0.00537. The summed E-state index contributed by atoms with van der Waals surface area (Å²) in [6, 6.07) is 0.00537. The molecule has 3 heterocycles. The SMILES string of the molecule is CC(=O)N1CCCC[C@H]1c1ncc2c(n1)CCN(C(=O)C1[C@H]3CCCC[C@@H]13)C2. The van der Waals surface area contributed by atoms with Gasteiger partial charge < -0.3 is 9.80 Å². The van der Waals surface area contributed by atoms with Crippen LogP contribution in [0.1, 0.15) is 75.0 Å². The van der Waals surface area contributed by atoms with Crippen LogP contribution in [0.2, 0.25) is 0 Å². The molecule has 2 aliphatic heterocycles. The van der Waals surface area contributed by atoms with E-state index in [1.54, 1.807) is 6.92 Å². The Labute approximate surface area is 166 Å². The number of piperidine rings is 1. The molecular weight excluding hydrogens is 352 g/mol. The molecule has 2 aliphatic carbocycles. The van der Waals surface area contributed by atoms with E-state index >= 15 is 0 Å². The Morgan fingerprint density at radius 3 is 2.54 bits per heavy atom. The molecule has 6 heteroatoms. The fourth-order valence-electron chi connectivity index (χ4n) is 5.83. The molecule has 2 amide bonds. The third kappa shape index (κ3) is 3.11. The number of hydrogen-bond donors (Lipinski definition) is 0. The van der Waals surface area contributed by atoms with Crippen LogP contribution >= 0.6 is 0 Å². The van der Waals surface area contributed by atoms with Crippen molar-refractivity contribution < 1.29 is 9.59 Å². The first-order valence-corrected chi connectivity index (χ1v) is 11.0. The largest absolute Gasteiger partial charge is 0.338 e. The van der Waals surface area contributed by atoms with Gasteiger partial charge in [-0.25, -0.2) is 9.97 Å². The van der Waals surface area contributed by atoms with Crippen LogP contribution in [-0.4, -0.2) is 44.7 Å². The standard InChI is InChI=1S/C22H30N4O2/c1-14(27)26-10-5-4-8-19(26)21-23-12-15-13-25(11-9-18(15)24-21)22(28)20-16-6-2-3-7-17(16)20/h12,16-17,19-20H,2-11,13H2,1H3/t16-,17+,19-,20?/m0/s1. The van der Waals surface area contributed by atoms with Crippen molar-refractivity contribution in [2.75, 3.05) is 13.1 Å². The molecule has 5 rings (SSSR count). The fraction of sp³-hybridized carbons (Fsp3) is 0.727. The van der Waals surface area contributed by atoms with Crippen molar-refractivity contribution in [2.24, 2.45) is 17.8 Å². The highest BCUT2D eigenvalue weighted by Crippen LogP contribution is 2.56. The van der Waals surface area contributed by atoms with E-state index in [1.807, 2.05) is 16.0 Å². The molecule has 4 aliphatic rings. The van der Waals surface area contributed by atoms with Gasteiger partial charge in [-0.05, 0) is 43.9 Å². The summed E-state index contributed by atoms with van der Waals surface area (Å²) in [7, 11) is 0. The maximum atomic E-state index is 13.0. The van der Waals surface area contributed by atoms with Crippen LogP contribution in [-0.2, 0) is 22.6 Å². The third-order valence-corrected chi connectivity index (χ3v) is 7.41. The quantitative estimate of drug-likeness (QED) is 0.789. The Morgan fingerprint density at radius 2 is 1.79 bits per heavy atom. The summed E-state index contributed by atoms with van der Waals surface area (Å²) in [6.45, 7) is 3.84. The van der Waals surface area contributed by atoms with Gasteiger partial charge in [-0.2, -0.15) is 0 Å². The molecule has 0 spiro atoms. The summed E-state index contributed by atoms with van der Waals surface area (Å²) < 4.78 is 0. The summed E-state index contributed by atoms with van der Waals surface area (Å²) in [4.78, 5) is 38.4. The molecule has 0 radical (unpaired) electrons. The monoisotopic (exact) mass is 382 g/mol. The van der Waals surface area contributed by atoms with Crippen LogP contribution in [0.3, 0.4) is 0 Å². The highest BCUT2D eigenvalue weighted by molar-refractivity contribution is 5.82. The Morgan fingerprint density at radius 1 is 1.04 bits per heavy atom. The van der Waals surface area contributed by atoms with E-state index in [0.29, 0.717) is 24.3 Å². The van der Waals surface area contributed by atoms with Crippen LogP contribution in [0.5, 0.6) is 0 Å². The van der Waals surface area contributed by atoms with Crippen LogP contribution in [0, 0.1) is 17.8 Å². The lowest BCUT2D eigenvalue weighted by Gasteiger charge is -2.35. The number of rotatable bonds is 2. The molecular formula is C22H30N4O2. The molecule has 0 bridgehead atoms. The third-order valence-electron chi connectivity index (χ3n) is 7.41. The summed E-state index contributed by atoms with van der Waals surface area (Å²) in [5.41, 5.74) is 2.15. The highest BCUT2D eigenvalue weighted by atomic mass is 16.2. The number of hydrogen-bond acceptors (Lipinski definition) is 4. The van der Waals surface area contributed by atoms with E-state index in [2.05, 4.69) is 4.98 Å². The average Bonchev–Trinajstić information content (AvgIpc) is 3.47. The van der Waals surface area contributed by atoms with Crippen molar-refractivity contribution in [3.8, 4) is 0 Å². The number of amides is 2. The Kier molecular flexibility index (Phi) is 4.60. The lowest BCUT2D eigenvalue weighted by molar-refractivity contribution is -0.134. The molecule has 4 atom stereocenters. The first-order valence-electron chi connectivity index (χ1n) is 11.0. The number of carbonyl (C=O) groups is 2. The number of carbonyl (C=O) groups excluding carboxylic acids is 2. The molecule has 150 valence electrons. The minimum Gasteiger partial charge on any atom is -0.338 e. The van der Waals surface area contributed by atoms with Gasteiger partial charge in [-0.15, -0.1) is 0 Å². The smallest absolute Gasteiger partial charge is 0.226 e. The lowest BCUT2D eigenvalue weighted by atomic mass is 10.00. The van der Waals surface area contributed by atoms with E-state index in [-0.39, 0.29) is 17.9 Å². The van der Waals surface area contributed by atoms with E-state index in [4.69, 9.17) is 4.98 Å². The number of nitrogens with zero attached hydrogens (tertiary/aromatic N) is 4. The molecule has 1 aromatic heterocycles. The normalized spacial score (nSPS) is 31.8. The van der Waals surface area contributed by atoms with Crippen LogP contribution in [0.4, 0.5) is 0 Å². The second kappa shape index (κ2) is 7.12. The van der Waals surface area contributed by atoms with Gasteiger partial charge in [0.2, 0.25) is 11.8 Å². The second-order valence-electron chi connectivity index (χ2n) is 9.07. The molecule has 3 fully saturated rings. The highest BCUT2D eigenvalue weighted by Gasteiger charge is 2.55.